The molecule has 4 rings (SSSR count). The van der Waals surface area contributed by atoms with E-state index in [0.717, 1.165) is 22.2 Å². The highest BCUT2D eigenvalue weighted by Crippen LogP contribution is 2.38. The third-order valence-electron chi connectivity index (χ3n) is 5.00. The maximum absolute atomic E-state index is 13.1. The standard InChI is InChI=1S/C25H17Cl2NO4S2/c26-18-10-9-17(20(27)13-18)14-32-19-8-4-5-15(11-19)12-21-23(29)28(25(33)34-21)22(24(30)31)16-6-2-1-3-7-16/h1-13,22H,14H2,(H,30,31)/b21-12+. The van der Waals surface area contributed by atoms with E-state index in [9.17, 15) is 14.7 Å². The summed E-state index contributed by atoms with van der Waals surface area (Å²) in [5, 5.41) is 10.9. The van der Waals surface area contributed by atoms with E-state index in [0.29, 0.717) is 31.8 Å². The van der Waals surface area contributed by atoms with Crippen LogP contribution in [0.25, 0.3) is 6.08 Å². The van der Waals surface area contributed by atoms with E-state index in [4.69, 9.17) is 40.2 Å². The second-order valence-corrected chi connectivity index (χ2v) is 9.82. The SMILES string of the molecule is O=C(O)C(c1ccccc1)N1C(=O)/C(=C\c2cccc(OCc3ccc(Cl)cc3Cl)c2)SC1=S. The summed E-state index contributed by atoms with van der Waals surface area (Å²) >= 11 is 18.6. The monoisotopic (exact) mass is 529 g/mol. The predicted molar refractivity (Wildman–Crippen MR) is 139 cm³/mol. The lowest BCUT2D eigenvalue weighted by Crippen LogP contribution is -2.37. The summed E-state index contributed by atoms with van der Waals surface area (Å²) in [6.07, 6.45) is 1.67. The molecule has 9 heteroatoms. The zero-order chi connectivity index (χ0) is 24.2. The van der Waals surface area contributed by atoms with Crippen molar-refractivity contribution in [3.05, 3.63) is 104 Å². The Labute approximate surface area is 215 Å². The molecule has 0 aliphatic carbocycles. The second-order valence-electron chi connectivity index (χ2n) is 7.30. The van der Waals surface area contributed by atoms with Crippen molar-refractivity contribution >= 4 is 69.5 Å². The molecule has 1 amide bonds. The van der Waals surface area contributed by atoms with E-state index in [2.05, 4.69) is 0 Å². The van der Waals surface area contributed by atoms with Crippen molar-refractivity contribution in [1.29, 1.82) is 0 Å². The molecule has 0 spiro atoms. The molecule has 1 aliphatic rings. The molecule has 0 bridgehead atoms. The number of rotatable bonds is 7. The first-order valence-corrected chi connectivity index (χ1v) is 12.0. The van der Waals surface area contributed by atoms with Crippen molar-refractivity contribution in [3.8, 4) is 5.75 Å². The van der Waals surface area contributed by atoms with Crippen LogP contribution in [0.3, 0.4) is 0 Å². The molecule has 172 valence electrons. The largest absolute Gasteiger partial charge is 0.489 e. The van der Waals surface area contributed by atoms with Gasteiger partial charge in [0.2, 0.25) is 0 Å². The van der Waals surface area contributed by atoms with Gasteiger partial charge in [-0.3, -0.25) is 9.69 Å². The maximum Gasteiger partial charge on any atom is 0.331 e. The lowest BCUT2D eigenvalue weighted by molar-refractivity contribution is -0.145. The van der Waals surface area contributed by atoms with Crippen LogP contribution in [0, 0.1) is 0 Å². The Morgan fingerprint density at radius 1 is 1.09 bits per heavy atom. The minimum atomic E-state index is -1.20. The molecule has 1 N–H and O–H groups in total. The van der Waals surface area contributed by atoms with Gasteiger partial charge in [0.1, 0.15) is 16.7 Å². The van der Waals surface area contributed by atoms with Gasteiger partial charge < -0.3 is 9.84 Å². The molecule has 0 aromatic heterocycles. The first-order chi connectivity index (χ1) is 16.3. The van der Waals surface area contributed by atoms with E-state index in [1.54, 1.807) is 72.8 Å². The first-order valence-electron chi connectivity index (χ1n) is 10.0. The first kappa shape index (κ1) is 24.3. The van der Waals surface area contributed by atoms with E-state index in [1.807, 2.05) is 6.07 Å². The summed E-state index contributed by atoms with van der Waals surface area (Å²) in [6.45, 7) is 0.249. The number of aliphatic carboxylic acids is 1. The van der Waals surface area contributed by atoms with Crippen LogP contribution in [0.15, 0.2) is 77.7 Å². The molecule has 1 saturated heterocycles. The molecule has 3 aromatic carbocycles. The molecule has 1 aliphatic heterocycles. The Balaban J connectivity index is 1.53. The third-order valence-corrected chi connectivity index (χ3v) is 6.91. The lowest BCUT2D eigenvalue weighted by Gasteiger charge is -2.23. The quantitative estimate of drug-likeness (QED) is 0.274. The van der Waals surface area contributed by atoms with Crippen molar-refractivity contribution < 1.29 is 19.4 Å². The van der Waals surface area contributed by atoms with Gasteiger partial charge in [-0.2, -0.15) is 0 Å². The summed E-state index contributed by atoms with van der Waals surface area (Å²) in [5.41, 5.74) is 1.98. The number of hydrogen-bond donors (Lipinski definition) is 1. The number of carboxylic acid groups (broad SMARTS) is 1. The van der Waals surface area contributed by atoms with Crippen molar-refractivity contribution in [2.75, 3.05) is 0 Å². The number of amides is 1. The molecule has 3 aromatic rings. The number of carboxylic acids is 1. The summed E-state index contributed by atoms with van der Waals surface area (Å²) in [4.78, 5) is 26.6. The van der Waals surface area contributed by atoms with Gasteiger partial charge in [0, 0.05) is 15.6 Å². The number of thioether (sulfide) groups is 1. The molecule has 1 unspecified atom stereocenters. The highest BCUT2D eigenvalue weighted by atomic mass is 35.5. The van der Waals surface area contributed by atoms with Crippen LogP contribution in [0.1, 0.15) is 22.7 Å². The number of carbonyl (C=O) groups excluding carboxylic acids is 1. The number of ether oxygens (including phenoxy) is 1. The molecule has 34 heavy (non-hydrogen) atoms. The second kappa shape index (κ2) is 10.6. The molecule has 0 saturated carbocycles. The van der Waals surface area contributed by atoms with Gasteiger partial charge in [0.25, 0.3) is 5.91 Å². The minimum Gasteiger partial charge on any atom is -0.489 e. The minimum absolute atomic E-state index is 0.192. The Bertz CT molecular complexity index is 1300. The molecule has 1 atom stereocenters. The fraction of sp³-hybridized carbons (Fsp3) is 0.0800. The Hall–Kier alpha value is -2.84. The third kappa shape index (κ3) is 5.45. The summed E-state index contributed by atoms with van der Waals surface area (Å²) in [6, 6.07) is 19.7. The van der Waals surface area contributed by atoms with Crippen LogP contribution in [0.5, 0.6) is 5.75 Å². The highest BCUT2D eigenvalue weighted by molar-refractivity contribution is 8.26. The molecule has 1 heterocycles. The normalized spacial score (nSPS) is 15.6. The van der Waals surface area contributed by atoms with Crippen LogP contribution in [0.4, 0.5) is 0 Å². The van der Waals surface area contributed by atoms with Gasteiger partial charge in [-0.1, -0.05) is 95.7 Å². The Kier molecular flexibility index (Phi) is 7.58. The highest BCUT2D eigenvalue weighted by Gasteiger charge is 2.41. The number of halogens is 2. The van der Waals surface area contributed by atoms with Crippen LogP contribution in [-0.2, 0) is 16.2 Å². The zero-order valence-corrected chi connectivity index (χ0v) is 20.6. The number of thiocarbonyl (C=S) groups is 1. The number of benzene rings is 3. The fourth-order valence-electron chi connectivity index (χ4n) is 3.39. The molecule has 0 radical (unpaired) electrons. The number of nitrogens with zero attached hydrogens (tertiary/aromatic N) is 1. The van der Waals surface area contributed by atoms with Crippen LogP contribution in [-0.4, -0.2) is 26.2 Å². The Morgan fingerprint density at radius 2 is 1.85 bits per heavy atom. The van der Waals surface area contributed by atoms with E-state index >= 15 is 0 Å². The van der Waals surface area contributed by atoms with Gasteiger partial charge in [-0.15, -0.1) is 0 Å². The number of carbonyl (C=O) groups is 2. The topological polar surface area (TPSA) is 66.8 Å². The van der Waals surface area contributed by atoms with Gasteiger partial charge in [0.15, 0.2) is 6.04 Å². The van der Waals surface area contributed by atoms with Gasteiger partial charge >= 0.3 is 5.97 Å². The van der Waals surface area contributed by atoms with Crippen LogP contribution >= 0.6 is 47.2 Å². The van der Waals surface area contributed by atoms with Gasteiger partial charge in [-0.05, 0) is 41.5 Å². The van der Waals surface area contributed by atoms with E-state index in [1.165, 1.54) is 0 Å². The number of hydrogen-bond acceptors (Lipinski definition) is 5. The predicted octanol–water partition coefficient (Wildman–Crippen LogP) is 6.60. The van der Waals surface area contributed by atoms with Crippen molar-refractivity contribution in [2.24, 2.45) is 0 Å². The zero-order valence-electron chi connectivity index (χ0n) is 17.5. The lowest BCUT2D eigenvalue weighted by atomic mass is 10.1. The van der Waals surface area contributed by atoms with E-state index < -0.39 is 17.9 Å². The average molecular weight is 530 g/mol. The average Bonchev–Trinajstić information content (AvgIpc) is 3.07. The Morgan fingerprint density at radius 3 is 2.56 bits per heavy atom. The van der Waals surface area contributed by atoms with E-state index in [-0.39, 0.29) is 10.9 Å². The summed E-state index contributed by atoms with van der Waals surface area (Å²) < 4.78 is 6.04. The van der Waals surface area contributed by atoms with Crippen molar-refractivity contribution in [2.45, 2.75) is 12.6 Å². The summed E-state index contributed by atoms with van der Waals surface area (Å²) in [5.74, 6) is -1.02. The van der Waals surface area contributed by atoms with Gasteiger partial charge in [-0.25, -0.2) is 4.79 Å². The van der Waals surface area contributed by atoms with Crippen LogP contribution < -0.4 is 4.74 Å². The smallest absolute Gasteiger partial charge is 0.331 e. The van der Waals surface area contributed by atoms with Crippen molar-refractivity contribution in [1.82, 2.24) is 4.90 Å². The molecular weight excluding hydrogens is 513 g/mol. The van der Waals surface area contributed by atoms with Crippen molar-refractivity contribution in [3.63, 3.8) is 0 Å². The molecular formula is C25H17Cl2NO4S2. The summed E-state index contributed by atoms with van der Waals surface area (Å²) in [7, 11) is 0. The fourth-order valence-corrected chi connectivity index (χ4v) is 5.16. The van der Waals surface area contributed by atoms with Crippen LogP contribution in [0.2, 0.25) is 10.0 Å². The van der Waals surface area contributed by atoms with Gasteiger partial charge in [0.05, 0.1) is 4.91 Å². The molecule has 5 nitrogen and oxygen atoms in total. The molecule has 1 fully saturated rings. The maximum atomic E-state index is 13.1.